The Balaban J connectivity index is 2.18. The highest BCUT2D eigenvalue weighted by molar-refractivity contribution is 5.60. The van der Waals surface area contributed by atoms with Gasteiger partial charge in [-0.05, 0) is 12.1 Å². The van der Waals surface area contributed by atoms with Gasteiger partial charge in [0.2, 0.25) is 0 Å². The third kappa shape index (κ3) is 2.38. The summed E-state index contributed by atoms with van der Waals surface area (Å²) < 4.78 is 4.97. The van der Waals surface area contributed by atoms with Crippen molar-refractivity contribution in [3.05, 3.63) is 30.1 Å². The summed E-state index contributed by atoms with van der Waals surface area (Å²) >= 11 is 0. The summed E-state index contributed by atoms with van der Waals surface area (Å²) in [5.74, 6) is 1.48. The first kappa shape index (κ1) is 10.6. The van der Waals surface area contributed by atoms with Crippen molar-refractivity contribution in [1.29, 1.82) is 0 Å². The molecule has 0 amide bonds. The highest BCUT2D eigenvalue weighted by Crippen LogP contribution is 2.17. The Hall–Kier alpha value is -1.88. The second kappa shape index (κ2) is 4.76. The quantitative estimate of drug-likeness (QED) is 0.757. The van der Waals surface area contributed by atoms with E-state index >= 15 is 0 Å². The molecule has 0 bridgehead atoms. The fourth-order valence-electron chi connectivity index (χ4n) is 1.41. The minimum atomic E-state index is 0.631. The monoisotopic (exact) mass is 218 g/mol. The van der Waals surface area contributed by atoms with Crippen LogP contribution in [0.5, 0.6) is 0 Å². The first-order valence-electron chi connectivity index (χ1n) is 5.05. The van der Waals surface area contributed by atoms with Crippen molar-refractivity contribution in [3.8, 4) is 11.4 Å². The fraction of sp³-hybridized carbons (Fsp3) is 0.273. The molecule has 0 saturated carbocycles. The van der Waals surface area contributed by atoms with Crippen molar-refractivity contribution >= 4 is 5.69 Å². The normalized spacial score (nSPS) is 10.6. The molecule has 0 aliphatic carbocycles. The van der Waals surface area contributed by atoms with Crippen molar-refractivity contribution in [3.63, 3.8) is 0 Å². The molecule has 0 unspecified atom stereocenters. The van der Waals surface area contributed by atoms with Gasteiger partial charge in [-0.3, -0.25) is 5.10 Å². The Labute approximate surface area is 93.7 Å². The van der Waals surface area contributed by atoms with Gasteiger partial charge in [-0.25, -0.2) is 4.98 Å². The Morgan fingerprint density at radius 2 is 2.31 bits per heavy atom. The summed E-state index contributed by atoms with van der Waals surface area (Å²) in [5, 5.41) is 7.01. The van der Waals surface area contributed by atoms with E-state index in [1.807, 2.05) is 24.3 Å². The summed E-state index contributed by atoms with van der Waals surface area (Å²) in [5.41, 5.74) is 7.32. The van der Waals surface area contributed by atoms with Crippen molar-refractivity contribution in [2.75, 3.05) is 19.5 Å². The number of rotatable bonds is 4. The van der Waals surface area contributed by atoms with Crippen LogP contribution in [0.1, 0.15) is 5.82 Å². The molecular weight excluding hydrogens is 204 g/mol. The minimum Gasteiger partial charge on any atom is -0.399 e. The van der Waals surface area contributed by atoms with Gasteiger partial charge in [-0.1, -0.05) is 12.1 Å². The van der Waals surface area contributed by atoms with Crippen LogP contribution in [0.25, 0.3) is 11.4 Å². The standard InChI is InChI=1S/C11H14N4O/c1-16-6-5-10-13-11(15-14-10)8-3-2-4-9(12)7-8/h2-4,7H,5-6,12H2,1H3,(H,13,14,15). The SMILES string of the molecule is COCCc1nc(-c2cccc(N)c2)n[nH]1. The van der Waals surface area contributed by atoms with Crippen LogP contribution in [0.3, 0.4) is 0 Å². The van der Waals surface area contributed by atoms with Crippen molar-refractivity contribution < 1.29 is 4.74 Å². The van der Waals surface area contributed by atoms with Gasteiger partial charge in [0.25, 0.3) is 0 Å². The topological polar surface area (TPSA) is 76.8 Å². The van der Waals surface area contributed by atoms with Crippen LogP contribution in [-0.4, -0.2) is 28.9 Å². The molecule has 0 saturated heterocycles. The molecule has 1 aromatic carbocycles. The molecule has 0 fully saturated rings. The molecule has 1 heterocycles. The zero-order chi connectivity index (χ0) is 11.4. The molecule has 84 valence electrons. The van der Waals surface area contributed by atoms with E-state index in [2.05, 4.69) is 15.2 Å². The Bertz CT molecular complexity index is 467. The van der Waals surface area contributed by atoms with E-state index in [1.54, 1.807) is 7.11 Å². The predicted molar refractivity (Wildman–Crippen MR) is 61.8 cm³/mol. The van der Waals surface area contributed by atoms with E-state index in [-0.39, 0.29) is 0 Å². The van der Waals surface area contributed by atoms with Crippen LogP contribution >= 0.6 is 0 Å². The van der Waals surface area contributed by atoms with Crippen LogP contribution in [0.4, 0.5) is 5.69 Å². The number of methoxy groups -OCH3 is 1. The van der Waals surface area contributed by atoms with Gasteiger partial charge in [0.15, 0.2) is 5.82 Å². The average molecular weight is 218 g/mol. The van der Waals surface area contributed by atoms with Crippen molar-refractivity contribution in [2.45, 2.75) is 6.42 Å². The molecule has 1 aromatic heterocycles. The summed E-state index contributed by atoms with van der Waals surface area (Å²) in [6, 6.07) is 7.50. The number of aromatic amines is 1. The van der Waals surface area contributed by atoms with E-state index in [1.165, 1.54) is 0 Å². The van der Waals surface area contributed by atoms with Crippen LogP contribution in [0.15, 0.2) is 24.3 Å². The fourth-order valence-corrected chi connectivity index (χ4v) is 1.41. The third-order valence-electron chi connectivity index (χ3n) is 2.22. The second-order valence-electron chi connectivity index (χ2n) is 3.47. The zero-order valence-electron chi connectivity index (χ0n) is 9.10. The van der Waals surface area contributed by atoms with Gasteiger partial charge < -0.3 is 10.5 Å². The van der Waals surface area contributed by atoms with Crippen LogP contribution in [0, 0.1) is 0 Å². The highest BCUT2D eigenvalue weighted by atomic mass is 16.5. The summed E-state index contributed by atoms with van der Waals surface area (Å²) in [7, 11) is 1.66. The predicted octanol–water partition coefficient (Wildman–Crippen LogP) is 1.24. The van der Waals surface area contributed by atoms with Gasteiger partial charge in [-0.2, -0.15) is 5.10 Å². The maximum absolute atomic E-state index is 5.70. The molecule has 0 aliphatic heterocycles. The molecule has 0 spiro atoms. The molecule has 0 radical (unpaired) electrons. The van der Waals surface area contributed by atoms with Gasteiger partial charge in [-0.15, -0.1) is 0 Å². The molecule has 3 N–H and O–H groups in total. The number of nitrogen functional groups attached to an aromatic ring is 1. The van der Waals surface area contributed by atoms with E-state index in [0.717, 1.165) is 17.8 Å². The molecule has 5 heteroatoms. The number of hydrogen-bond acceptors (Lipinski definition) is 4. The third-order valence-corrected chi connectivity index (χ3v) is 2.22. The van der Waals surface area contributed by atoms with Gasteiger partial charge in [0.05, 0.1) is 6.61 Å². The highest BCUT2D eigenvalue weighted by Gasteiger charge is 2.05. The first-order valence-corrected chi connectivity index (χ1v) is 5.05. The first-order chi connectivity index (χ1) is 7.79. The van der Waals surface area contributed by atoms with Crippen LogP contribution in [0.2, 0.25) is 0 Å². The number of nitrogens with one attached hydrogen (secondary N) is 1. The zero-order valence-corrected chi connectivity index (χ0v) is 9.10. The number of anilines is 1. The maximum Gasteiger partial charge on any atom is 0.181 e. The van der Waals surface area contributed by atoms with E-state index in [9.17, 15) is 0 Å². The lowest BCUT2D eigenvalue weighted by Gasteiger charge is -1.96. The van der Waals surface area contributed by atoms with Crippen molar-refractivity contribution in [1.82, 2.24) is 15.2 Å². The Kier molecular flexibility index (Phi) is 3.16. The van der Waals surface area contributed by atoms with Crippen molar-refractivity contribution in [2.24, 2.45) is 0 Å². The number of ether oxygens (including phenoxy) is 1. The van der Waals surface area contributed by atoms with Crippen LogP contribution < -0.4 is 5.73 Å². The summed E-state index contributed by atoms with van der Waals surface area (Å²) in [6.07, 6.45) is 0.728. The number of benzene rings is 1. The molecule has 0 aliphatic rings. The smallest absolute Gasteiger partial charge is 0.181 e. The average Bonchev–Trinajstić information content (AvgIpc) is 2.75. The number of nitrogens with two attached hydrogens (primary N) is 1. The number of hydrogen-bond donors (Lipinski definition) is 2. The van der Waals surface area contributed by atoms with Crippen LogP contribution in [-0.2, 0) is 11.2 Å². The summed E-state index contributed by atoms with van der Waals surface area (Å²) in [4.78, 5) is 4.36. The summed E-state index contributed by atoms with van der Waals surface area (Å²) in [6.45, 7) is 0.631. The van der Waals surface area contributed by atoms with E-state index < -0.39 is 0 Å². The number of nitrogens with zero attached hydrogens (tertiary/aromatic N) is 2. The lowest BCUT2D eigenvalue weighted by atomic mass is 10.2. The molecule has 16 heavy (non-hydrogen) atoms. The second-order valence-corrected chi connectivity index (χ2v) is 3.47. The Morgan fingerprint density at radius 1 is 1.44 bits per heavy atom. The molecular formula is C11H14N4O. The minimum absolute atomic E-state index is 0.631. The maximum atomic E-state index is 5.70. The molecule has 2 rings (SSSR count). The lowest BCUT2D eigenvalue weighted by molar-refractivity contribution is 0.200. The van der Waals surface area contributed by atoms with E-state index in [0.29, 0.717) is 18.1 Å². The van der Waals surface area contributed by atoms with Gasteiger partial charge in [0.1, 0.15) is 5.82 Å². The number of H-pyrrole nitrogens is 1. The largest absolute Gasteiger partial charge is 0.399 e. The molecule has 5 nitrogen and oxygen atoms in total. The molecule has 2 aromatic rings. The van der Waals surface area contributed by atoms with Gasteiger partial charge in [0, 0.05) is 24.8 Å². The Morgan fingerprint density at radius 3 is 3.06 bits per heavy atom. The molecule has 0 atom stereocenters. The lowest BCUT2D eigenvalue weighted by Crippen LogP contribution is -1.96. The van der Waals surface area contributed by atoms with E-state index in [4.69, 9.17) is 10.5 Å². The number of aromatic nitrogens is 3. The van der Waals surface area contributed by atoms with Gasteiger partial charge >= 0.3 is 0 Å².